The molecule has 3 aromatic rings. The van der Waals surface area contributed by atoms with Gasteiger partial charge in [0.2, 0.25) is 0 Å². The molecule has 6 heteroatoms. The van der Waals surface area contributed by atoms with E-state index in [1.165, 1.54) is 0 Å². The highest BCUT2D eigenvalue weighted by molar-refractivity contribution is 5.95. The fourth-order valence-electron chi connectivity index (χ4n) is 2.87. The standard InChI is InChI=1S/C19H17N5O/c20-19-15-9-12(3-7-16(15)23-24-19)1-5-14(25)6-2-13-4-8-17-18(10-13)22-11-21-17/h1,3-5,7-10H,2,6,11H2,(H3,20,23,24)/b5-1+. The van der Waals surface area contributed by atoms with Crippen molar-refractivity contribution in [3.05, 3.63) is 64.3 Å². The van der Waals surface area contributed by atoms with E-state index in [4.69, 9.17) is 5.73 Å². The molecule has 2 heterocycles. The third-order valence-corrected chi connectivity index (χ3v) is 4.26. The second-order valence-corrected chi connectivity index (χ2v) is 5.99. The first kappa shape index (κ1) is 15.3. The van der Waals surface area contributed by atoms with Crippen molar-refractivity contribution in [3.8, 4) is 0 Å². The quantitative estimate of drug-likeness (QED) is 0.695. The van der Waals surface area contributed by atoms with Crippen molar-refractivity contribution in [1.29, 1.82) is 0 Å². The van der Waals surface area contributed by atoms with E-state index in [0.29, 0.717) is 25.3 Å². The number of anilines is 1. The number of hydrogen-bond acceptors (Lipinski definition) is 5. The molecule has 6 nitrogen and oxygen atoms in total. The van der Waals surface area contributed by atoms with Crippen molar-refractivity contribution in [2.24, 2.45) is 9.98 Å². The number of ketones is 1. The van der Waals surface area contributed by atoms with Crippen molar-refractivity contribution in [2.45, 2.75) is 12.8 Å². The van der Waals surface area contributed by atoms with Gasteiger partial charge in [-0.05, 0) is 47.9 Å². The van der Waals surface area contributed by atoms with Crippen LogP contribution < -0.4 is 16.4 Å². The van der Waals surface area contributed by atoms with E-state index in [2.05, 4.69) is 20.2 Å². The van der Waals surface area contributed by atoms with Crippen LogP contribution >= 0.6 is 0 Å². The zero-order valence-corrected chi connectivity index (χ0v) is 13.6. The summed E-state index contributed by atoms with van der Waals surface area (Å²) >= 11 is 0. The van der Waals surface area contributed by atoms with Gasteiger partial charge in [0.05, 0.1) is 16.2 Å². The van der Waals surface area contributed by atoms with Crippen LogP contribution in [0, 0.1) is 0 Å². The molecule has 0 fully saturated rings. The number of allylic oxidation sites excluding steroid dienone is 1. The molecule has 1 aliphatic rings. The number of carbonyl (C=O) groups is 1. The highest BCUT2D eigenvalue weighted by atomic mass is 16.1. The minimum absolute atomic E-state index is 0.0855. The SMILES string of the molecule is Nc1n[nH]c2ccc(/C=C/C(=O)CCc3ccc4c(c3)=NCN=4)cc12. The van der Waals surface area contributed by atoms with Gasteiger partial charge in [0, 0.05) is 11.8 Å². The molecule has 1 aliphatic heterocycles. The maximum Gasteiger partial charge on any atom is 0.156 e. The number of nitrogens with zero attached hydrogens (tertiary/aromatic N) is 3. The van der Waals surface area contributed by atoms with Crippen molar-refractivity contribution in [2.75, 3.05) is 12.4 Å². The number of hydrogen-bond donors (Lipinski definition) is 2. The van der Waals surface area contributed by atoms with E-state index >= 15 is 0 Å². The first-order valence-corrected chi connectivity index (χ1v) is 8.11. The van der Waals surface area contributed by atoms with Crippen molar-refractivity contribution in [1.82, 2.24) is 10.2 Å². The number of carbonyl (C=O) groups excluding carboxylic acids is 1. The molecule has 0 atom stereocenters. The number of aromatic nitrogens is 2. The molecular formula is C19H17N5O. The van der Waals surface area contributed by atoms with Gasteiger partial charge in [0.1, 0.15) is 6.67 Å². The summed E-state index contributed by atoms with van der Waals surface area (Å²) in [6.45, 7) is 0.506. The van der Waals surface area contributed by atoms with Gasteiger partial charge in [-0.15, -0.1) is 0 Å². The predicted molar refractivity (Wildman–Crippen MR) is 96.5 cm³/mol. The Morgan fingerprint density at radius 2 is 2.04 bits per heavy atom. The van der Waals surface area contributed by atoms with E-state index < -0.39 is 0 Å². The Balaban J connectivity index is 1.42. The maximum atomic E-state index is 12.1. The molecule has 25 heavy (non-hydrogen) atoms. The van der Waals surface area contributed by atoms with Crippen LogP contribution in [0.15, 0.2) is 52.5 Å². The summed E-state index contributed by atoms with van der Waals surface area (Å²) in [7, 11) is 0. The number of nitrogens with two attached hydrogens (primary N) is 1. The highest BCUT2D eigenvalue weighted by Gasteiger charge is 2.04. The second kappa shape index (κ2) is 6.32. The van der Waals surface area contributed by atoms with E-state index in [0.717, 1.165) is 32.7 Å². The summed E-state index contributed by atoms with van der Waals surface area (Å²) in [5, 5.41) is 9.54. The van der Waals surface area contributed by atoms with Crippen LogP contribution in [-0.4, -0.2) is 22.6 Å². The lowest BCUT2D eigenvalue weighted by Gasteiger charge is -1.99. The molecular weight excluding hydrogens is 314 g/mol. The molecule has 2 aromatic carbocycles. The zero-order chi connectivity index (χ0) is 17.2. The lowest BCUT2D eigenvalue weighted by Crippen LogP contribution is -2.21. The molecule has 0 amide bonds. The summed E-state index contributed by atoms with van der Waals surface area (Å²) in [6.07, 6.45) is 4.58. The van der Waals surface area contributed by atoms with Crippen molar-refractivity contribution >= 4 is 28.6 Å². The molecule has 0 spiro atoms. The molecule has 0 radical (unpaired) electrons. The Morgan fingerprint density at radius 3 is 2.96 bits per heavy atom. The molecule has 0 saturated heterocycles. The number of aryl methyl sites for hydroxylation is 1. The first-order chi connectivity index (χ1) is 12.2. The van der Waals surface area contributed by atoms with E-state index in [1.54, 1.807) is 6.08 Å². The Bertz CT molecular complexity index is 1110. The molecule has 0 bridgehead atoms. The smallest absolute Gasteiger partial charge is 0.156 e. The van der Waals surface area contributed by atoms with Gasteiger partial charge in [-0.1, -0.05) is 18.2 Å². The molecule has 0 unspecified atom stereocenters. The zero-order valence-electron chi connectivity index (χ0n) is 13.6. The van der Waals surface area contributed by atoms with Crippen LogP contribution in [0.25, 0.3) is 17.0 Å². The van der Waals surface area contributed by atoms with Gasteiger partial charge in [0.25, 0.3) is 0 Å². The number of benzene rings is 2. The van der Waals surface area contributed by atoms with E-state index in [-0.39, 0.29) is 5.78 Å². The Labute approximate surface area is 143 Å². The van der Waals surface area contributed by atoms with Crippen LogP contribution in [0.3, 0.4) is 0 Å². The number of nitrogens with one attached hydrogen (secondary N) is 1. The monoisotopic (exact) mass is 331 g/mol. The van der Waals surface area contributed by atoms with Crippen molar-refractivity contribution in [3.63, 3.8) is 0 Å². The average Bonchev–Trinajstić information content (AvgIpc) is 3.24. The molecule has 0 aliphatic carbocycles. The number of aromatic amines is 1. The third kappa shape index (κ3) is 3.19. The normalized spacial score (nSPS) is 13.0. The lowest BCUT2D eigenvalue weighted by atomic mass is 10.1. The number of H-pyrrole nitrogens is 1. The molecule has 4 rings (SSSR count). The summed E-state index contributed by atoms with van der Waals surface area (Å²) < 4.78 is 0. The predicted octanol–water partition coefficient (Wildman–Crippen LogP) is 1.57. The fraction of sp³-hybridized carbons (Fsp3) is 0.158. The Morgan fingerprint density at radius 1 is 1.16 bits per heavy atom. The summed E-state index contributed by atoms with van der Waals surface area (Å²) in [4.78, 5) is 20.7. The van der Waals surface area contributed by atoms with E-state index in [9.17, 15) is 4.79 Å². The largest absolute Gasteiger partial charge is 0.382 e. The summed E-state index contributed by atoms with van der Waals surface area (Å²) in [5.41, 5.74) is 8.72. The number of rotatable bonds is 5. The fourth-order valence-corrected chi connectivity index (χ4v) is 2.87. The van der Waals surface area contributed by atoms with Gasteiger partial charge in [-0.2, -0.15) is 5.10 Å². The first-order valence-electron chi connectivity index (χ1n) is 8.11. The minimum atomic E-state index is 0.0855. The minimum Gasteiger partial charge on any atom is -0.382 e. The van der Waals surface area contributed by atoms with E-state index in [1.807, 2.05) is 42.5 Å². The molecule has 0 saturated carbocycles. The number of fused-ring (bicyclic) bond motifs is 2. The number of nitrogen functional groups attached to an aromatic ring is 1. The van der Waals surface area contributed by atoms with Crippen LogP contribution in [0.4, 0.5) is 5.82 Å². The summed E-state index contributed by atoms with van der Waals surface area (Å²) in [5.74, 6) is 0.549. The highest BCUT2D eigenvalue weighted by Crippen LogP contribution is 2.19. The van der Waals surface area contributed by atoms with Gasteiger partial charge < -0.3 is 5.73 Å². The molecule has 1 aromatic heterocycles. The maximum absolute atomic E-state index is 12.1. The molecule has 3 N–H and O–H groups in total. The Hall–Kier alpha value is -3.28. The van der Waals surface area contributed by atoms with Gasteiger partial charge in [-0.25, -0.2) is 0 Å². The van der Waals surface area contributed by atoms with Crippen molar-refractivity contribution < 1.29 is 4.79 Å². The molecule has 124 valence electrons. The second-order valence-electron chi connectivity index (χ2n) is 5.99. The lowest BCUT2D eigenvalue weighted by molar-refractivity contribution is -0.114. The average molecular weight is 331 g/mol. The van der Waals surface area contributed by atoms with Crippen LogP contribution in [0.1, 0.15) is 17.5 Å². The van der Waals surface area contributed by atoms with Gasteiger partial charge in [0.15, 0.2) is 11.6 Å². The summed E-state index contributed by atoms with van der Waals surface area (Å²) in [6, 6.07) is 11.7. The third-order valence-electron chi connectivity index (χ3n) is 4.26. The topological polar surface area (TPSA) is 96.5 Å². The van der Waals surface area contributed by atoms with Crippen LogP contribution in [0.5, 0.6) is 0 Å². The van der Waals surface area contributed by atoms with Gasteiger partial charge >= 0.3 is 0 Å². The Kier molecular flexibility index (Phi) is 3.85. The van der Waals surface area contributed by atoms with Crippen LogP contribution in [0.2, 0.25) is 0 Å². The van der Waals surface area contributed by atoms with Gasteiger partial charge in [-0.3, -0.25) is 19.9 Å². The van der Waals surface area contributed by atoms with Crippen LogP contribution in [-0.2, 0) is 11.2 Å².